The molecule has 1 atom stereocenters. The van der Waals surface area contributed by atoms with E-state index in [1.54, 1.807) is 35.4 Å². The molecule has 1 N–H and O–H groups in total. The third kappa shape index (κ3) is 2.41. The molecule has 3 rings (SSSR count). The number of hydrogen-bond donors (Lipinski definition) is 1. The average molecular weight is 305 g/mol. The first-order valence-electron chi connectivity index (χ1n) is 6.56. The Hall–Kier alpha value is -1.92. The fourth-order valence-electron chi connectivity index (χ4n) is 2.50. The molecule has 4 nitrogen and oxygen atoms in total. The summed E-state index contributed by atoms with van der Waals surface area (Å²) in [5, 5.41) is 8.45. The number of hydrogen-bond acceptors (Lipinski definition) is 4. The molecule has 110 valence electrons. The monoisotopic (exact) mass is 305 g/mol. The molecule has 0 saturated carbocycles. The smallest absolute Gasteiger partial charge is 0.161 e. The minimum Gasteiger partial charge on any atom is -0.493 e. The molecule has 3 aromatic rings. The molecule has 1 aromatic carbocycles. The van der Waals surface area contributed by atoms with Crippen molar-refractivity contribution in [2.45, 2.75) is 6.04 Å². The number of nitrogens with one attached hydrogen (secondary N) is 1. The second-order valence-corrected chi connectivity index (χ2v) is 5.89. The first-order chi connectivity index (χ1) is 10.1. The van der Waals surface area contributed by atoms with E-state index in [-0.39, 0.29) is 11.9 Å². The Balaban J connectivity index is 2.11. The lowest BCUT2D eigenvalue weighted by Gasteiger charge is -2.16. The zero-order valence-corrected chi connectivity index (χ0v) is 12.9. The van der Waals surface area contributed by atoms with Crippen LogP contribution in [0.1, 0.15) is 16.6 Å². The van der Waals surface area contributed by atoms with Crippen LogP contribution in [0.25, 0.3) is 10.1 Å². The summed E-state index contributed by atoms with van der Waals surface area (Å²) in [5.41, 5.74) is 0.951. The minimum atomic E-state index is -0.217. The summed E-state index contributed by atoms with van der Waals surface area (Å²) < 4.78 is 21.6. The molecule has 2 heterocycles. The van der Waals surface area contributed by atoms with Crippen LogP contribution in [0.2, 0.25) is 0 Å². The molecular weight excluding hydrogens is 289 g/mol. The SMILES string of the molecule is CNC(c1cc2cc(F)ccc2s1)c1c(OC)cnn1C. The molecule has 2 aromatic heterocycles. The molecule has 21 heavy (non-hydrogen) atoms. The second kappa shape index (κ2) is 5.46. The molecular formula is C15H16FN3OS. The van der Waals surface area contributed by atoms with Crippen LogP contribution in [0, 0.1) is 5.82 Å². The van der Waals surface area contributed by atoms with Crippen molar-refractivity contribution in [2.75, 3.05) is 14.2 Å². The lowest BCUT2D eigenvalue weighted by atomic mass is 10.1. The van der Waals surface area contributed by atoms with Gasteiger partial charge in [-0.2, -0.15) is 5.10 Å². The van der Waals surface area contributed by atoms with Gasteiger partial charge in [-0.15, -0.1) is 11.3 Å². The molecule has 0 aliphatic heterocycles. The Morgan fingerprint density at radius 1 is 1.38 bits per heavy atom. The Bertz CT molecular complexity index is 780. The molecule has 0 bridgehead atoms. The van der Waals surface area contributed by atoms with Crippen LogP contribution in [0.5, 0.6) is 5.75 Å². The molecule has 0 spiro atoms. The summed E-state index contributed by atoms with van der Waals surface area (Å²) in [4.78, 5) is 1.10. The average Bonchev–Trinajstić information content (AvgIpc) is 3.04. The normalized spacial score (nSPS) is 12.8. The Kier molecular flexibility index (Phi) is 3.65. The van der Waals surface area contributed by atoms with Gasteiger partial charge in [-0.25, -0.2) is 4.39 Å². The summed E-state index contributed by atoms with van der Waals surface area (Å²) in [6.07, 6.45) is 1.70. The first kappa shape index (κ1) is 14.0. The van der Waals surface area contributed by atoms with Crippen molar-refractivity contribution in [2.24, 2.45) is 7.05 Å². The van der Waals surface area contributed by atoms with E-state index in [1.807, 2.05) is 26.2 Å². The number of rotatable bonds is 4. The van der Waals surface area contributed by atoms with E-state index in [0.717, 1.165) is 26.4 Å². The van der Waals surface area contributed by atoms with Gasteiger partial charge in [0.15, 0.2) is 5.75 Å². The number of ether oxygens (including phenoxy) is 1. The van der Waals surface area contributed by atoms with Crippen LogP contribution in [0.3, 0.4) is 0 Å². The van der Waals surface area contributed by atoms with Gasteiger partial charge < -0.3 is 10.1 Å². The van der Waals surface area contributed by atoms with Crippen LogP contribution in [-0.4, -0.2) is 23.9 Å². The van der Waals surface area contributed by atoms with Crippen molar-refractivity contribution in [3.63, 3.8) is 0 Å². The third-order valence-electron chi connectivity index (χ3n) is 3.51. The number of halogens is 1. The summed E-state index contributed by atoms with van der Waals surface area (Å²) >= 11 is 1.64. The summed E-state index contributed by atoms with van der Waals surface area (Å²) in [5.74, 6) is 0.520. The molecule has 0 aliphatic rings. The van der Waals surface area contributed by atoms with Gasteiger partial charge in [0.1, 0.15) is 11.5 Å². The first-order valence-corrected chi connectivity index (χ1v) is 7.38. The topological polar surface area (TPSA) is 39.1 Å². The molecule has 6 heteroatoms. The molecule has 0 aliphatic carbocycles. The highest BCUT2D eigenvalue weighted by atomic mass is 32.1. The standard InChI is InChI=1S/C15H16FN3OS/c1-17-14(15-11(20-3)8-18-19(15)2)13-7-9-6-10(16)4-5-12(9)21-13/h4-8,14,17H,1-3H3. The van der Waals surface area contributed by atoms with Crippen molar-refractivity contribution < 1.29 is 9.13 Å². The number of aryl methyl sites for hydroxylation is 1. The van der Waals surface area contributed by atoms with Gasteiger partial charge in [0.25, 0.3) is 0 Å². The van der Waals surface area contributed by atoms with Crippen molar-refractivity contribution >= 4 is 21.4 Å². The van der Waals surface area contributed by atoms with Gasteiger partial charge in [-0.1, -0.05) is 0 Å². The summed E-state index contributed by atoms with van der Waals surface area (Å²) in [6, 6.07) is 6.82. The quantitative estimate of drug-likeness (QED) is 0.805. The van der Waals surface area contributed by atoms with Crippen LogP contribution in [0.15, 0.2) is 30.5 Å². The van der Waals surface area contributed by atoms with Gasteiger partial charge in [0.05, 0.1) is 19.3 Å². The highest BCUT2D eigenvalue weighted by Crippen LogP contribution is 2.36. The Morgan fingerprint density at radius 2 is 2.19 bits per heavy atom. The molecule has 1 unspecified atom stereocenters. The highest BCUT2D eigenvalue weighted by molar-refractivity contribution is 7.19. The van der Waals surface area contributed by atoms with Gasteiger partial charge in [0, 0.05) is 16.6 Å². The zero-order chi connectivity index (χ0) is 15.0. The van der Waals surface area contributed by atoms with Crippen LogP contribution >= 0.6 is 11.3 Å². The fourth-order valence-corrected chi connectivity index (χ4v) is 3.66. The van der Waals surface area contributed by atoms with Crippen molar-refractivity contribution in [1.82, 2.24) is 15.1 Å². The molecule has 0 saturated heterocycles. The summed E-state index contributed by atoms with van der Waals surface area (Å²) in [6.45, 7) is 0. The Morgan fingerprint density at radius 3 is 2.90 bits per heavy atom. The largest absolute Gasteiger partial charge is 0.493 e. The van der Waals surface area contributed by atoms with Gasteiger partial charge in [0.2, 0.25) is 0 Å². The van der Waals surface area contributed by atoms with Crippen LogP contribution < -0.4 is 10.1 Å². The third-order valence-corrected chi connectivity index (χ3v) is 4.69. The van der Waals surface area contributed by atoms with Crippen molar-refractivity contribution in [1.29, 1.82) is 0 Å². The number of methoxy groups -OCH3 is 1. The number of fused-ring (bicyclic) bond motifs is 1. The number of benzene rings is 1. The van der Waals surface area contributed by atoms with Crippen molar-refractivity contribution in [3.05, 3.63) is 46.9 Å². The molecule has 0 radical (unpaired) electrons. The van der Waals surface area contributed by atoms with E-state index in [4.69, 9.17) is 4.74 Å². The van der Waals surface area contributed by atoms with E-state index in [0.29, 0.717) is 0 Å². The number of thiophene rings is 1. The minimum absolute atomic E-state index is 0.0482. The summed E-state index contributed by atoms with van der Waals surface area (Å²) in [7, 11) is 5.41. The lowest BCUT2D eigenvalue weighted by molar-refractivity contribution is 0.403. The lowest BCUT2D eigenvalue weighted by Crippen LogP contribution is -2.20. The maximum absolute atomic E-state index is 13.3. The van der Waals surface area contributed by atoms with E-state index < -0.39 is 0 Å². The van der Waals surface area contributed by atoms with E-state index >= 15 is 0 Å². The predicted molar refractivity (Wildman–Crippen MR) is 82.4 cm³/mol. The van der Waals surface area contributed by atoms with Gasteiger partial charge in [-0.05, 0) is 36.7 Å². The zero-order valence-electron chi connectivity index (χ0n) is 12.1. The Labute approximate surface area is 126 Å². The highest BCUT2D eigenvalue weighted by Gasteiger charge is 2.23. The predicted octanol–water partition coefficient (Wildman–Crippen LogP) is 3.09. The maximum atomic E-state index is 13.3. The fraction of sp³-hybridized carbons (Fsp3) is 0.267. The maximum Gasteiger partial charge on any atom is 0.161 e. The van der Waals surface area contributed by atoms with Gasteiger partial charge >= 0.3 is 0 Å². The van der Waals surface area contributed by atoms with E-state index in [2.05, 4.69) is 10.4 Å². The second-order valence-electron chi connectivity index (χ2n) is 4.77. The van der Waals surface area contributed by atoms with E-state index in [9.17, 15) is 4.39 Å². The number of aromatic nitrogens is 2. The molecule has 0 fully saturated rings. The van der Waals surface area contributed by atoms with Crippen molar-refractivity contribution in [3.8, 4) is 5.75 Å². The van der Waals surface area contributed by atoms with Gasteiger partial charge in [-0.3, -0.25) is 4.68 Å². The van der Waals surface area contributed by atoms with Crippen LogP contribution in [0.4, 0.5) is 4.39 Å². The number of nitrogens with zero attached hydrogens (tertiary/aromatic N) is 2. The van der Waals surface area contributed by atoms with E-state index in [1.165, 1.54) is 6.07 Å². The molecule has 0 amide bonds. The van der Waals surface area contributed by atoms with Crippen LogP contribution in [-0.2, 0) is 7.05 Å².